The standard InChI is InChI=1S/C22H30N4O/c1-22(2,3)17-6-8-18(9-7-17)26-21(27)19-5-4-12-24-20(19)25-15-16-10-13-23-14-11-16/h4-5,10-14,17-18H,6-9,15H2,1-3H3,(H,24,25)(H,26,27)/t17-,18+. The van der Waals surface area contributed by atoms with Crippen LogP contribution in [-0.2, 0) is 6.54 Å². The first-order valence-electron chi connectivity index (χ1n) is 9.82. The minimum absolute atomic E-state index is 0.0421. The lowest BCUT2D eigenvalue weighted by Gasteiger charge is -2.37. The van der Waals surface area contributed by atoms with E-state index in [4.69, 9.17) is 0 Å². The Kier molecular flexibility index (Phi) is 6.09. The molecule has 0 bridgehead atoms. The molecule has 2 heterocycles. The van der Waals surface area contributed by atoms with Crippen molar-refractivity contribution in [2.24, 2.45) is 11.3 Å². The molecule has 5 nitrogen and oxygen atoms in total. The van der Waals surface area contributed by atoms with E-state index in [0.717, 1.165) is 24.3 Å². The van der Waals surface area contributed by atoms with E-state index in [1.54, 1.807) is 18.6 Å². The maximum Gasteiger partial charge on any atom is 0.255 e. The summed E-state index contributed by atoms with van der Waals surface area (Å²) in [5.41, 5.74) is 2.05. The lowest BCUT2D eigenvalue weighted by atomic mass is 9.71. The number of nitrogens with zero attached hydrogens (tertiary/aromatic N) is 2. The van der Waals surface area contributed by atoms with Crippen molar-refractivity contribution in [3.05, 3.63) is 54.0 Å². The number of nitrogens with one attached hydrogen (secondary N) is 2. The number of anilines is 1. The molecule has 0 radical (unpaired) electrons. The van der Waals surface area contributed by atoms with E-state index in [0.29, 0.717) is 23.3 Å². The molecule has 0 aliphatic heterocycles. The van der Waals surface area contributed by atoms with E-state index in [9.17, 15) is 4.79 Å². The van der Waals surface area contributed by atoms with E-state index in [-0.39, 0.29) is 11.9 Å². The highest BCUT2D eigenvalue weighted by molar-refractivity contribution is 5.98. The van der Waals surface area contributed by atoms with Crippen LogP contribution in [0.1, 0.15) is 62.4 Å². The molecule has 3 rings (SSSR count). The van der Waals surface area contributed by atoms with Crippen LogP contribution >= 0.6 is 0 Å². The van der Waals surface area contributed by atoms with Gasteiger partial charge in [-0.25, -0.2) is 4.98 Å². The van der Waals surface area contributed by atoms with Crippen LogP contribution in [0.15, 0.2) is 42.9 Å². The fraction of sp³-hybridized carbons (Fsp3) is 0.500. The Labute approximate surface area is 162 Å². The summed E-state index contributed by atoms with van der Waals surface area (Å²) in [4.78, 5) is 21.2. The number of carbonyl (C=O) groups is 1. The fourth-order valence-electron chi connectivity index (χ4n) is 3.78. The highest BCUT2D eigenvalue weighted by Crippen LogP contribution is 2.37. The van der Waals surface area contributed by atoms with Crippen LogP contribution in [0.4, 0.5) is 5.82 Å². The molecule has 1 fully saturated rings. The van der Waals surface area contributed by atoms with Crippen LogP contribution in [0.25, 0.3) is 0 Å². The van der Waals surface area contributed by atoms with E-state index < -0.39 is 0 Å². The van der Waals surface area contributed by atoms with Gasteiger partial charge < -0.3 is 10.6 Å². The van der Waals surface area contributed by atoms with Crippen molar-refractivity contribution in [1.82, 2.24) is 15.3 Å². The minimum Gasteiger partial charge on any atom is -0.365 e. The molecule has 0 atom stereocenters. The fourth-order valence-corrected chi connectivity index (χ4v) is 3.78. The molecule has 1 amide bonds. The quantitative estimate of drug-likeness (QED) is 0.822. The zero-order chi connectivity index (χ0) is 19.3. The molecule has 1 aliphatic carbocycles. The first-order chi connectivity index (χ1) is 12.9. The van der Waals surface area contributed by atoms with Crippen LogP contribution < -0.4 is 10.6 Å². The zero-order valence-electron chi connectivity index (χ0n) is 16.5. The number of aromatic nitrogens is 2. The zero-order valence-corrected chi connectivity index (χ0v) is 16.5. The van der Waals surface area contributed by atoms with E-state index in [1.165, 1.54) is 12.8 Å². The van der Waals surface area contributed by atoms with Crippen molar-refractivity contribution < 1.29 is 4.79 Å². The van der Waals surface area contributed by atoms with Crippen molar-refractivity contribution in [3.8, 4) is 0 Å². The number of rotatable bonds is 5. The second kappa shape index (κ2) is 8.51. The van der Waals surface area contributed by atoms with Crippen molar-refractivity contribution in [2.45, 2.75) is 59.0 Å². The van der Waals surface area contributed by atoms with Crippen molar-refractivity contribution >= 4 is 11.7 Å². The van der Waals surface area contributed by atoms with Gasteiger partial charge >= 0.3 is 0 Å². The van der Waals surface area contributed by atoms with Gasteiger partial charge in [0.2, 0.25) is 0 Å². The normalized spacial score (nSPS) is 20.1. The van der Waals surface area contributed by atoms with Gasteiger partial charge in [-0.15, -0.1) is 0 Å². The topological polar surface area (TPSA) is 66.9 Å². The number of carbonyl (C=O) groups excluding carboxylic acids is 1. The molecule has 5 heteroatoms. The number of hydrogen-bond acceptors (Lipinski definition) is 4. The lowest BCUT2D eigenvalue weighted by molar-refractivity contribution is 0.0904. The van der Waals surface area contributed by atoms with Crippen molar-refractivity contribution in [2.75, 3.05) is 5.32 Å². The number of hydrogen-bond donors (Lipinski definition) is 2. The van der Waals surface area contributed by atoms with Crippen LogP contribution in [0.2, 0.25) is 0 Å². The average molecular weight is 367 g/mol. The van der Waals surface area contributed by atoms with Gasteiger partial charge in [-0.3, -0.25) is 9.78 Å². The van der Waals surface area contributed by atoms with Gasteiger partial charge in [0, 0.05) is 31.2 Å². The summed E-state index contributed by atoms with van der Waals surface area (Å²) in [7, 11) is 0. The van der Waals surface area contributed by atoms with Gasteiger partial charge in [0.1, 0.15) is 5.82 Å². The molecule has 27 heavy (non-hydrogen) atoms. The Hall–Kier alpha value is -2.43. The van der Waals surface area contributed by atoms with E-state index in [2.05, 4.69) is 41.4 Å². The van der Waals surface area contributed by atoms with Crippen molar-refractivity contribution in [1.29, 1.82) is 0 Å². The second-order valence-corrected chi connectivity index (χ2v) is 8.50. The lowest BCUT2D eigenvalue weighted by Crippen LogP contribution is -2.39. The van der Waals surface area contributed by atoms with Gasteiger partial charge in [0.25, 0.3) is 5.91 Å². The Morgan fingerprint density at radius 2 is 1.78 bits per heavy atom. The molecule has 0 unspecified atom stereocenters. The second-order valence-electron chi connectivity index (χ2n) is 8.50. The minimum atomic E-state index is -0.0421. The predicted molar refractivity (Wildman–Crippen MR) is 108 cm³/mol. The highest BCUT2D eigenvalue weighted by atomic mass is 16.1. The van der Waals surface area contributed by atoms with Crippen molar-refractivity contribution in [3.63, 3.8) is 0 Å². The molecule has 0 spiro atoms. The Morgan fingerprint density at radius 3 is 2.44 bits per heavy atom. The predicted octanol–water partition coefficient (Wildman–Crippen LogP) is 4.42. The van der Waals surface area contributed by atoms with Crippen LogP contribution in [-0.4, -0.2) is 21.9 Å². The van der Waals surface area contributed by atoms with Crippen LogP contribution in [0, 0.1) is 11.3 Å². The Morgan fingerprint density at radius 1 is 1.07 bits per heavy atom. The summed E-state index contributed by atoms with van der Waals surface area (Å²) in [6, 6.07) is 7.79. The van der Waals surface area contributed by atoms with Crippen LogP contribution in [0.3, 0.4) is 0 Å². The molecule has 2 aromatic rings. The SMILES string of the molecule is CC(C)(C)[C@H]1CC[C@@H](NC(=O)c2cccnc2NCc2ccncc2)CC1. The van der Waals surface area contributed by atoms with Crippen LogP contribution in [0.5, 0.6) is 0 Å². The maximum absolute atomic E-state index is 12.8. The summed E-state index contributed by atoms with van der Waals surface area (Å²) in [5.74, 6) is 1.32. The Balaban J connectivity index is 1.59. The van der Waals surface area contributed by atoms with Gasteiger partial charge in [0.05, 0.1) is 5.56 Å². The third kappa shape index (κ3) is 5.28. The molecule has 1 aliphatic rings. The molecular formula is C22H30N4O. The summed E-state index contributed by atoms with van der Waals surface area (Å²) < 4.78 is 0. The summed E-state index contributed by atoms with van der Waals surface area (Å²) in [6.07, 6.45) is 9.68. The average Bonchev–Trinajstić information content (AvgIpc) is 2.67. The number of pyridine rings is 2. The molecule has 0 saturated heterocycles. The molecular weight excluding hydrogens is 336 g/mol. The third-order valence-electron chi connectivity index (χ3n) is 5.55. The van der Waals surface area contributed by atoms with Gasteiger partial charge in [-0.1, -0.05) is 20.8 Å². The van der Waals surface area contributed by atoms with Gasteiger partial charge in [-0.05, 0) is 66.8 Å². The van der Waals surface area contributed by atoms with Gasteiger partial charge in [0.15, 0.2) is 0 Å². The summed E-state index contributed by atoms with van der Waals surface area (Å²) >= 11 is 0. The van der Waals surface area contributed by atoms with E-state index in [1.807, 2.05) is 24.3 Å². The van der Waals surface area contributed by atoms with E-state index >= 15 is 0 Å². The van der Waals surface area contributed by atoms with Gasteiger partial charge in [-0.2, -0.15) is 0 Å². The number of amides is 1. The first kappa shape index (κ1) is 19.3. The maximum atomic E-state index is 12.8. The summed E-state index contributed by atoms with van der Waals surface area (Å²) in [5, 5.41) is 6.49. The monoisotopic (exact) mass is 366 g/mol. The smallest absolute Gasteiger partial charge is 0.255 e. The molecule has 2 aromatic heterocycles. The molecule has 0 aromatic carbocycles. The molecule has 1 saturated carbocycles. The Bertz CT molecular complexity index is 746. The highest BCUT2D eigenvalue weighted by Gasteiger charge is 2.30. The summed E-state index contributed by atoms with van der Waals surface area (Å²) in [6.45, 7) is 7.55. The largest absolute Gasteiger partial charge is 0.365 e. The third-order valence-corrected chi connectivity index (χ3v) is 5.55. The first-order valence-corrected chi connectivity index (χ1v) is 9.82. The molecule has 144 valence electrons. The molecule has 2 N–H and O–H groups in total.